The average molecular weight is 325 g/mol. The third-order valence-electron chi connectivity index (χ3n) is 2.82. The number of nitrogens with one attached hydrogen (secondary N) is 1. The summed E-state index contributed by atoms with van der Waals surface area (Å²) in [6, 6.07) is 0. The summed E-state index contributed by atoms with van der Waals surface area (Å²) in [5.41, 5.74) is -0.101. The molecule has 0 radical (unpaired) electrons. The molecular formula is C15H19NO7. The Bertz CT molecular complexity index is 630. The minimum Gasteiger partial charge on any atom is -0.462 e. The van der Waals surface area contributed by atoms with Crippen LogP contribution in [-0.2, 0) is 19.1 Å². The molecule has 0 saturated heterocycles. The second-order valence-electron chi connectivity index (χ2n) is 4.58. The zero-order valence-corrected chi connectivity index (χ0v) is 13.5. The number of amides is 1. The van der Waals surface area contributed by atoms with Crippen LogP contribution in [0.2, 0.25) is 0 Å². The number of carbonyl (C=O) groups is 4. The van der Waals surface area contributed by atoms with Crippen molar-refractivity contribution in [1.82, 2.24) is 0 Å². The fourth-order valence-electron chi connectivity index (χ4n) is 1.87. The fraction of sp³-hybridized carbons (Fsp3) is 0.467. The Kier molecular flexibility index (Phi) is 6.49. The van der Waals surface area contributed by atoms with Crippen LogP contribution in [0.3, 0.4) is 0 Å². The van der Waals surface area contributed by atoms with Crippen LogP contribution in [-0.4, -0.2) is 36.8 Å². The Labute approximate surface area is 133 Å². The summed E-state index contributed by atoms with van der Waals surface area (Å²) >= 11 is 0. The van der Waals surface area contributed by atoms with Gasteiger partial charge in [0.15, 0.2) is 12.4 Å². The Balaban J connectivity index is 3.04. The van der Waals surface area contributed by atoms with E-state index < -0.39 is 30.2 Å². The van der Waals surface area contributed by atoms with Crippen LogP contribution >= 0.6 is 0 Å². The minimum atomic E-state index is -0.782. The number of Topliss-reactive ketones (excluding diaryl/α,β-unsaturated/α-hetero) is 1. The van der Waals surface area contributed by atoms with Crippen molar-refractivity contribution in [2.24, 2.45) is 0 Å². The normalized spacial score (nSPS) is 10.1. The molecule has 1 aromatic heterocycles. The van der Waals surface area contributed by atoms with Crippen LogP contribution in [0.15, 0.2) is 4.42 Å². The molecule has 23 heavy (non-hydrogen) atoms. The summed E-state index contributed by atoms with van der Waals surface area (Å²) in [7, 11) is 0. The second-order valence-corrected chi connectivity index (χ2v) is 4.58. The van der Waals surface area contributed by atoms with E-state index in [-0.39, 0.29) is 35.8 Å². The van der Waals surface area contributed by atoms with Gasteiger partial charge in [-0.3, -0.25) is 19.7 Å². The smallest absolute Gasteiger partial charge is 0.344 e. The van der Waals surface area contributed by atoms with E-state index in [0.29, 0.717) is 0 Å². The fourth-order valence-corrected chi connectivity index (χ4v) is 1.87. The molecule has 0 fully saturated rings. The average Bonchev–Trinajstić information content (AvgIpc) is 2.81. The van der Waals surface area contributed by atoms with Crippen LogP contribution < -0.4 is 5.32 Å². The first-order chi connectivity index (χ1) is 10.8. The minimum absolute atomic E-state index is 0.0457. The molecule has 0 aliphatic heterocycles. The lowest BCUT2D eigenvalue weighted by molar-refractivity contribution is -0.146. The molecule has 0 unspecified atom stereocenters. The summed E-state index contributed by atoms with van der Waals surface area (Å²) < 4.78 is 14.8. The largest absolute Gasteiger partial charge is 0.462 e. The van der Waals surface area contributed by atoms with E-state index >= 15 is 0 Å². The lowest BCUT2D eigenvalue weighted by Crippen LogP contribution is -2.22. The third kappa shape index (κ3) is 4.67. The topological polar surface area (TPSA) is 112 Å². The Morgan fingerprint density at radius 2 is 1.74 bits per heavy atom. The molecule has 0 spiro atoms. The molecule has 1 heterocycles. The van der Waals surface area contributed by atoms with Gasteiger partial charge in [0.05, 0.1) is 12.2 Å². The predicted octanol–water partition coefficient (Wildman–Crippen LogP) is 1.86. The zero-order valence-electron chi connectivity index (χ0n) is 13.5. The van der Waals surface area contributed by atoms with E-state index in [1.165, 1.54) is 13.8 Å². The molecule has 0 aromatic carbocycles. The van der Waals surface area contributed by atoms with Gasteiger partial charge in [-0.1, -0.05) is 6.92 Å². The first-order valence-corrected chi connectivity index (χ1v) is 7.08. The SMILES string of the molecule is CCOC(=O)c1c(NC(=O)COC(=O)CC)oc(C)c1C(C)=O. The Morgan fingerprint density at radius 3 is 2.26 bits per heavy atom. The number of ether oxygens (including phenoxy) is 2. The van der Waals surface area contributed by atoms with Crippen molar-refractivity contribution in [3.8, 4) is 0 Å². The number of hydrogen-bond donors (Lipinski definition) is 1. The summed E-state index contributed by atoms with van der Waals surface area (Å²) in [6.45, 7) is 5.54. The number of aryl methyl sites for hydroxylation is 1. The van der Waals surface area contributed by atoms with Gasteiger partial charge < -0.3 is 13.9 Å². The van der Waals surface area contributed by atoms with Crippen molar-refractivity contribution in [2.75, 3.05) is 18.5 Å². The lowest BCUT2D eigenvalue weighted by Gasteiger charge is -2.06. The molecule has 1 aromatic rings. The van der Waals surface area contributed by atoms with Crippen LogP contribution in [0.25, 0.3) is 0 Å². The molecule has 1 rings (SSSR count). The summed E-state index contributed by atoms with van der Waals surface area (Å²) in [4.78, 5) is 46.5. The second kappa shape index (κ2) is 8.11. The molecule has 8 nitrogen and oxygen atoms in total. The van der Waals surface area contributed by atoms with E-state index in [9.17, 15) is 19.2 Å². The highest BCUT2D eigenvalue weighted by Crippen LogP contribution is 2.28. The monoisotopic (exact) mass is 325 g/mol. The molecular weight excluding hydrogens is 306 g/mol. The molecule has 0 aliphatic carbocycles. The van der Waals surface area contributed by atoms with Gasteiger partial charge in [0, 0.05) is 6.42 Å². The van der Waals surface area contributed by atoms with Gasteiger partial charge in [0.25, 0.3) is 5.91 Å². The standard InChI is InChI=1S/C15H19NO7/c1-5-11(19)22-7-10(18)16-14-13(15(20)21-6-2)12(8(3)17)9(4)23-14/h5-7H2,1-4H3,(H,16,18). The van der Waals surface area contributed by atoms with Gasteiger partial charge in [-0.15, -0.1) is 0 Å². The van der Waals surface area contributed by atoms with Gasteiger partial charge in [0.2, 0.25) is 5.88 Å². The van der Waals surface area contributed by atoms with Crippen LogP contribution in [0.1, 0.15) is 53.7 Å². The highest BCUT2D eigenvalue weighted by Gasteiger charge is 2.28. The number of rotatable bonds is 7. The number of carbonyl (C=O) groups excluding carboxylic acids is 4. The van der Waals surface area contributed by atoms with Gasteiger partial charge in [-0.25, -0.2) is 4.79 Å². The van der Waals surface area contributed by atoms with Gasteiger partial charge in [-0.05, 0) is 20.8 Å². The number of anilines is 1. The highest BCUT2D eigenvalue weighted by atomic mass is 16.5. The Morgan fingerprint density at radius 1 is 1.09 bits per heavy atom. The first-order valence-electron chi connectivity index (χ1n) is 7.08. The molecule has 1 amide bonds. The van der Waals surface area contributed by atoms with Gasteiger partial charge in [-0.2, -0.15) is 0 Å². The number of esters is 2. The van der Waals surface area contributed by atoms with Crippen molar-refractivity contribution >= 4 is 29.5 Å². The maximum atomic E-state index is 12.0. The van der Waals surface area contributed by atoms with E-state index in [4.69, 9.17) is 9.15 Å². The summed E-state index contributed by atoms with van der Waals surface area (Å²) in [5.74, 6) is -2.43. The molecule has 126 valence electrons. The lowest BCUT2D eigenvalue weighted by atomic mass is 10.1. The summed E-state index contributed by atoms with van der Waals surface area (Å²) in [6.07, 6.45) is 0.135. The van der Waals surface area contributed by atoms with Crippen LogP contribution in [0, 0.1) is 6.92 Å². The van der Waals surface area contributed by atoms with Crippen LogP contribution in [0.4, 0.5) is 5.88 Å². The van der Waals surface area contributed by atoms with Crippen LogP contribution in [0.5, 0.6) is 0 Å². The van der Waals surface area contributed by atoms with Crippen molar-refractivity contribution < 1.29 is 33.1 Å². The first kappa shape index (κ1) is 18.4. The van der Waals surface area contributed by atoms with Crippen molar-refractivity contribution in [3.05, 3.63) is 16.9 Å². The van der Waals surface area contributed by atoms with E-state index in [0.717, 1.165) is 0 Å². The molecule has 0 atom stereocenters. The van der Waals surface area contributed by atoms with Crippen molar-refractivity contribution in [2.45, 2.75) is 34.1 Å². The van der Waals surface area contributed by atoms with Gasteiger partial charge >= 0.3 is 11.9 Å². The number of hydrogen-bond acceptors (Lipinski definition) is 7. The predicted molar refractivity (Wildman–Crippen MR) is 79.3 cm³/mol. The summed E-state index contributed by atoms with van der Waals surface area (Å²) in [5, 5.41) is 2.31. The van der Waals surface area contributed by atoms with E-state index in [1.807, 2.05) is 0 Å². The quantitative estimate of drug-likeness (QED) is 0.601. The third-order valence-corrected chi connectivity index (χ3v) is 2.82. The molecule has 0 aliphatic rings. The number of furan rings is 1. The van der Waals surface area contributed by atoms with Crippen molar-refractivity contribution in [3.63, 3.8) is 0 Å². The van der Waals surface area contributed by atoms with E-state index in [2.05, 4.69) is 10.1 Å². The van der Waals surface area contributed by atoms with Gasteiger partial charge in [0.1, 0.15) is 11.3 Å². The highest BCUT2D eigenvalue weighted by molar-refractivity contribution is 6.10. The molecule has 0 saturated carbocycles. The maximum Gasteiger partial charge on any atom is 0.344 e. The maximum absolute atomic E-state index is 12.0. The molecule has 1 N–H and O–H groups in total. The van der Waals surface area contributed by atoms with E-state index in [1.54, 1.807) is 13.8 Å². The Hall–Kier alpha value is -2.64. The molecule has 8 heteroatoms. The zero-order chi connectivity index (χ0) is 17.6. The molecule has 0 bridgehead atoms. The van der Waals surface area contributed by atoms with Crippen molar-refractivity contribution in [1.29, 1.82) is 0 Å². The number of ketones is 1.